The quantitative estimate of drug-likeness (QED) is 0.826. The third kappa shape index (κ3) is 3.13. The molecule has 0 aliphatic heterocycles. The first-order valence-electron chi connectivity index (χ1n) is 6.17. The van der Waals surface area contributed by atoms with Crippen molar-refractivity contribution in [2.24, 2.45) is 0 Å². The highest BCUT2D eigenvalue weighted by Gasteiger charge is 2.16. The van der Waals surface area contributed by atoms with Crippen LogP contribution in [0.1, 0.15) is 27.9 Å². The molecule has 0 unspecified atom stereocenters. The molecule has 0 fully saturated rings. The van der Waals surface area contributed by atoms with Gasteiger partial charge in [0.1, 0.15) is 17.1 Å². The Morgan fingerprint density at radius 1 is 1.05 bits per heavy atom. The Labute approximate surface area is 112 Å². The maximum Gasteiger partial charge on any atom is 0.170 e. The SMILES string of the molecule is Cc1cc(O)c(C(=O)CCc2ccccc2)c(O)c1. The number of carbonyl (C=O) groups is 1. The molecule has 0 saturated carbocycles. The number of aryl methyl sites for hydroxylation is 2. The van der Waals surface area contributed by atoms with Gasteiger partial charge < -0.3 is 10.2 Å². The van der Waals surface area contributed by atoms with E-state index in [1.54, 1.807) is 6.92 Å². The Morgan fingerprint density at radius 2 is 1.63 bits per heavy atom. The van der Waals surface area contributed by atoms with E-state index in [1.807, 2.05) is 30.3 Å². The van der Waals surface area contributed by atoms with Gasteiger partial charge >= 0.3 is 0 Å². The van der Waals surface area contributed by atoms with Gasteiger partial charge in [-0.15, -0.1) is 0 Å². The predicted octanol–water partition coefficient (Wildman–Crippen LogP) is 3.22. The Balaban J connectivity index is 2.13. The average molecular weight is 256 g/mol. The number of rotatable bonds is 4. The second kappa shape index (κ2) is 5.57. The van der Waals surface area contributed by atoms with Gasteiger partial charge in [-0.2, -0.15) is 0 Å². The minimum absolute atomic E-state index is 0.0153. The topological polar surface area (TPSA) is 57.5 Å². The Kier molecular flexibility index (Phi) is 3.85. The van der Waals surface area contributed by atoms with Gasteiger partial charge in [-0.1, -0.05) is 30.3 Å². The first-order valence-corrected chi connectivity index (χ1v) is 6.17. The molecule has 0 bridgehead atoms. The lowest BCUT2D eigenvalue weighted by molar-refractivity contribution is 0.0977. The minimum Gasteiger partial charge on any atom is -0.507 e. The number of phenolic OH excluding ortho intramolecular Hbond substituents is 2. The summed E-state index contributed by atoms with van der Waals surface area (Å²) in [7, 11) is 0. The third-order valence-corrected chi connectivity index (χ3v) is 3.00. The van der Waals surface area contributed by atoms with Crippen LogP contribution in [0, 0.1) is 6.92 Å². The monoisotopic (exact) mass is 256 g/mol. The fourth-order valence-electron chi connectivity index (χ4n) is 2.06. The van der Waals surface area contributed by atoms with Gasteiger partial charge in [0.25, 0.3) is 0 Å². The molecule has 0 aromatic heterocycles. The van der Waals surface area contributed by atoms with E-state index in [9.17, 15) is 15.0 Å². The molecule has 0 aliphatic rings. The molecule has 0 radical (unpaired) electrons. The molecule has 0 aliphatic carbocycles. The van der Waals surface area contributed by atoms with Crippen molar-refractivity contribution in [3.05, 3.63) is 59.2 Å². The number of benzene rings is 2. The van der Waals surface area contributed by atoms with Crippen LogP contribution < -0.4 is 0 Å². The molecular weight excluding hydrogens is 240 g/mol. The van der Waals surface area contributed by atoms with Gasteiger partial charge in [0.15, 0.2) is 5.78 Å². The van der Waals surface area contributed by atoms with Crippen LogP contribution in [-0.4, -0.2) is 16.0 Å². The summed E-state index contributed by atoms with van der Waals surface area (Å²) in [6, 6.07) is 12.6. The van der Waals surface area contributed by atoms with Crippen LogP contribution in [-0.2, 0) is 6.42 Å². The fourth-order valence-corrected chi connectivity index (χ4v) is 2.06. The highest BCUT2D eigenvalue weighted by atomic mass is 16.3. The number of hydrogen-bond acceptors (Lipinski definition) is 3. The smallest absolute Gasteiger partial charge is 0.170 e. The van der Waals surface area contributed by atoms with Crippen molar-refractivity contribution < 1.29 is 15.0 Å². The number of phenols is 2. The molecule has 0 saturated heterocycles. The van der Waals surface area contributed by atoms with Crippen molar-refractivity contribution in [2.45, 2.75) is 19.8 Å². The van der Waals surface area contributed by atoms with Crippen LogP contribution >= 0.6 is 0 Å². The minimum atomic E-state index is -0.251. The number of ketones is 1. The van der Waals surface area contributed by atoms with Gasteiger partial charge in [0.05, 0.1) is 0 Å². The van der Waals surface area contributed by atoms with E-state index in [0.717, 1.165) is 11.1 Å². The lowest BCUT2D eigenvalue weighted by Crippen LogP contribution is -2.02. The summed E-state index contributed by atoms with van der Waals surface area (Å²) in [6.45, 7) is 1.75. The molecule has 2 aromatic rings. The van der Waals surface area contributed by atoms with Crippen molar-refractivity contribution in [3.63, 3.8) is 0 Å². The Bertz CT molecular complexity index is 565. The second-order valence-corrected chi connectivity index (χ2v) is 4.59. The summed E-state index contributed by atoms with van der Waals surface area (Å²) in [5.41, 5.74) is 1.79. The largest absolute Gasteiger partial charge is 0.507 e. The lowest BCUT2D eigenvalue weighted by Gasteiger charge is -2.07. The van der Waals surface area contributed by atoms with Gasteiger partial charge in [-0.05, 0) is 36.6 Å². The molecule has 2 rings (SSSR count). The third-order valence-electron chi connectivity index (χ3n) is 3.00. The number of aromatic hydroxyl groups is 2. The van der Waals surface area contributed by atoms with Crippen LogP contribution in [0.2, 0.25) is 0 Å². The molecule has 19 heavy (non-hydrogen) atoms. The molecule has 0 amide bonds. The number of hydrogen-bond donors (Lipinski definition) is 2. The summed E-state index contributed by atoms with van der Waals surface area (Å²) < 4.78 is 0. The molecule has 2 N–H and O–H groups in total. The van der Waals surface area contributed by atoms with Crippen molar-refractivity contribution in [1.82, 2.24) is 0 Å². The van der Waals surface area contributed by atoms with Crippen molar-refractivity contribution >= 4 is 5.78 Å². The van der Waals surface area contributed by atoms with E-state index < -0.39 is 0 Å². The van der Waals surface area contributed by atoms with E-state index in [4.69, 9.17) is 0 Å². The zero-order valence-corrected chi connectivity index (χ0v) is 10.8. The number of Topliss-reactive ketones (excluding diaryl/α,β-unsaturated/α-hetero) is 1. The molecule has 0 heterocycles. The zero-order valence-electron chi connectivity index (χ0n) is 10.8. The molecule has 98 valence electrons. The average Bonchev–Trinajstić information content (AvgIpc) is 2.36. The normalized spacial score (nSPS) is 10.4. The van der Waals surface area contributed by atoms with E-state index in [2.05, 4.69) is 0 Å². The highest BCUT2D eigenvalue weighted by molar-refractivity contribution is 6.01. The van der Waals surface area contributed by atoms with Gasteiger partial charge in [0, 0.05) is 6.42 Å². The molecule has 0 atom stereocenters. The maximum absolute atomic E-state index is 12.1. The first kappa shape index (κ1) is 13.1. The zero-order chi connectivity index (χ0) is 13.8. The van der Waals surface area contributed by atoms with E-state index in [1.165, 1.54) is 12.1 Å². The van der Waals surface area contributed by atoms with Crippen LogP contribution in [0.25, 0.3) is 0 Å². The number of carbonyl (C=O) groups excluding carboxylic acids is 1. The predicted molar refractivity (Wildman–Crippen MR) is 73.6 cm³/mol. The van der Waals surface area contributed by atoms with E-state index in [-0.39, 0.29) is 29.3 Å². The molecule has 3 nitrogen and oxygen atoms in total. The molecular formula is C16H16O3. The Hall–Kier alpha value is -2.29. The standard InChI is InChI=1S/C16H16O3/c1-11-9-14(18)16(15(19)10-11)13(17)8-7-12-5-3-2-4-6-12/h2-6,9-10,18-19H,7-8H2,1H3. The fraction of sp³-hybridized carbons (Fsp3) is 0.188. The summed E-state index contributed by atoms with van der Waals surface area (Å²) in [5.74, 6) is -0.565. The summed E-state index contributed by atoms with van der Waals surface area (Å²) >= 11 is 0. The van der Waals surface area contributed by atoms with E-state index in [0.29, 0.717) is 6.42 Å². The summed E-state index contributed by atoms with van der Waals surface area (Å²) in [5, 5.41) is 19.5. The second-order valence-electron chi connectivity index (χ2n) is 4.59. The summed E-state index contributed by atoms with van der Waals surface area (Å²) in [4.78, 5) is 12.1. The highest BCUT2D eigenvalue weighted by Crippen LogP contribution is 2.30. The van der Waals surface area contributed by atoms with Crippen molar-refractivity contribution in [3.8, 4) is 11.5 Å². The van der Waals surface area contributed by atoms with Crippen molar-refractivity contribution in [1.29, 1.82) is 0 Å². The molecule has 3 heteroatoms. The van der Waals surface area contributed by atoms with Gasteiger partial charge in [0.2, 0.25) is 0 Å². The Morgan fingerprint density at radius 3 is 2.21 bits per heavy atom. The van der Waals surface area contributed by atoms with Crippen molar-refractivity contribution in [2.75, 3.05) is 0 Å². The van der Waals surface area contributed by atoms with Gasteiger partial charge in [-0.3, -0.25) is 4.79 Å². The van der Waals surface area contributed by atoms with Crippen LogP contribution in [0.15, 0.2) is 42.5 Å². The lowest BCUT2D eigenvalue weighted by atomic mass is 10.00. The van der Waals surface area contributed by atoms with Gasteiger partial charge in [-0.25, -0.2) is 0 Å². The van der Waals surface area contributed by atoms with Crippen LogP contribution in [0.3, 0.4) is 0 Å². The summed E-state index contributed by atoms with van der Waals surface area (Å²) in [6.07, 6.45) is 0.848. The maximum atomic E-state index is 12.1. The first-order chi connectivity index (χ1) is 9.08. The molecule has 2 aromatic carbocycles. The van der Waals surface area contributed by atoms with E-state index >= 15 is 0 Å². The van der Waals surface area contributed by atoms with Crippen LogP contribution in [0.4, 0.5) is 0 Å². The van der Waals surface area contributed by atoms with Crippen LogP contribution in [0.5, 0.6) is 11.5 Å². The molecule has 0 spiro atoms.